The van der Waals surface area contributed by atoms with E-state index in [1.807, 2.05) is 19.1 Å². The number of aliphatic hydroxyl groups excluding tert-OH is 1. The standard InChI is InChI=1S/C15H25NO2/c1-11(2)13-10-14(16)12(3)9-15(13)18-8-6-4-5-7-17/h9-11,17H,4-8,16H2,1-3H3. The molecule has 0 aliphatic heterocycles. The SMILES string of the molecule is Cc1cc(OCCCCCO)c(C(C)C)cc1N. The molecule has 1 rings (SSSR count). The Morgan fingerprint density at radius 1 is 1.22 bits per heavy atom. The maximum Gasteiger partial charge on any atom is 0.123 e. The lowest BCUT2D eigenvalue weighted by atomic mass is 9.99. The van der Waals surface area contributed by atoms with Gasteiger partial charge in [0, 0.05) is 12.3 Å². The predicted molar refractivity (Wildman–Crippen MR) is 76.1 cm³/mol. The molecule has 0 radical (unpaired) electrons. The summed E-state index contributed by atoms with van der Waals surface area (Å²) in [6.07, 6.45) is 2.82. The number of nitrogen functional groups attached to an aromatic ring is 1. The normalized spacial score (nSPS) is 10.9. The summed E-state index contributed by atoms with van der Waals surface area (Å²) in [5, 5.41) is 8.71. The second-order valence-corrected chi connectivity index (χ2v) is 5.03. The molecule has 3 N–H and O–H groups in total. The Morgan fingerprint density at radius 3 is 2.56 bits per heavy atom. The van der Waals surface area contributed by atoms with E-state index in [2.05, 4.69) is 13.8 Å². The third kappa shape index (κ3) is 4.22. The van der Waals surface area contributed by atoms with Crippen LogP contribution in [-0.2, 0) is 0 Å². The van der Waals surface area contributed by atoms with Crippen LogP contribution < -0.4 is 10.5 Å². The summed E-state index contributed by atoms with van der Waals surface area (Å²) in [5.41, 5.74) is 8.99. The molecule has 3 heteroatoms. The van der Waals surface area contributed by atoms with Crippen molar-refractivity contribution < 1.29 is 9.84 Å². The third-order valence-corrected chi connectivity index (χ3v) is 3.08. The fraction of sp³-hybridized carbons (Fsp3) is 0.600. The lowest BCUT2D eigenvalue weighted by molar-refractivity contribution is 0.265. The van der Waals surface area contributed by atoms with Gasteiger partial charge in [0.1, 0.15) is 5.75 Å². The van der Waals surface area contributed by atoms with Crippen LogP contribution in [0.4, 0.5) is 5.69 Å². The van der Waals surface area contributed by atoms with Crippen LogP contribution in [0.25, 0.3) is 0 Å². The van der Waals surface area contributed by atoms with Crippen LogP contribution in [0.5, 0.6) is 5.75 Å². The van der Waals surface area contributed by atoms with E-state index in [1.165, 1.54) is 5.56 Å². The van der Waals surface area contributed by atoms with Crippen molar-refractivity contribution in [1.29, 1.82) is 0 Å². The van der Waals surface area contributed by atoms with Gasteiger partial charge in [0.05, 0.1) is 6.61 Å². The summed E-state index contributed by atoms with van der Waals surface area (Å²) in [5.74, 6) is 1.35. The molecule has 0 aliphatic rings. The molecule has 1 aromatic rings. The summed E-state index contributed by atoms with van der Waals surface area (Å²) in [6, 6.07) is 4.04. The van der Waals surface area contributed by atoms with Crippen LogP contribution in [0.2, 0.25) is 0 Å². The van der Waals surface area contributed by atoms with E-state index in [4.69, 9.17) is 15.6 Å². The van der Waals surface area contributed by atoms with Gasteiger partial charge < -0.3 is 15.6 Å². The minimum Gasteiger partial charge on any atom is -0.493 e. The van der Waals surface area contributed by atoms with E-state index in [0.717, 1.165) is 36.3 Å². The number of rotatable bonds is 7. The highest BCUT2D eigenvalue weighted by Crippen LogP contribution is 2.31. The second-order valence-electron chi connectivity index (χ2n) is 5.03. The number of hydrogen-bond acceptors (Lipinski definition) is 3. The predicted octanol–water partition coefficient (Wildman–Crippen LogP) is 3.24. The molecule has 1 aromatic carbocycles. The molecule has 102 valence electrons. The van der Waals surface area contributed by atoms with E-state index >= 15 is 0 Å². The van der Waals surface area contributed by atoms with Gasteiger partial charge in [-0.25, -0.2) is 0 Å². The Kier molecular flexibility index (Phi) is 5.99. The average molecular weight is 251 g/mol. The number of aryl methyl sites for hydroxylation is 1. The zero-order valence-electron chi connectivity index (χ0n) is 11.7. The Bertz CT molecular complexity index is 375. The highest BCUT2D eigenvalue weighted by atomic mass is 16.5. The number of benzene rings is 1. The average Bonchev–Trinajstić information content (AvgIpc) is 2.32. The highest BCUT2D eigenvalue weighted by Gasteiger charge is 2.10. The van der Waals surface area contributed by atoms with Crippen molar-refractivity contribution in [1.82, 2.24) is 0 Å². The van der Waals surface area contributed by atoms with Crippen LogP contribution in [0.1, 0.15) is 50.2 Å². The van der Waals surface area contributed by atoms with Crippen LogP contribution in [0.15, 0.2) is 12.1 Å². The van der Waals surface area contributed by atoms with Crippen molar-refractivity contribution in [2.75, 3.05) is 18.9 Å². The summed E-state index contributed by atoms with van der Waals surface area (Å²) in [4.78, 5) is 0. The molecule has 0 bridgehead atoms. The lowest BCUT2D eigenvalue weighted by Crippen LogP contribution is -2.04. The number of ether oxygens (including phenoxy) is 1. The van der Waals surface area contributed by atoms with Gasteiger partial charge in [-0.3, -0.25) is 0 Å². The number of nitrogens with two attached hydrogens (primary N) is 1. The Labute approximate surface area is 110 Å². The topological polar surface area (TPSA) is 55.5 Å². The fourth-order valence-corrected chi connectivity index (χ4v) is 1.86. The van der Waals surface area contributed by atoms with Crippen molar-refractivity contribution in [2.24, 2.45) is 0 Å². The summed E-state index contributed by atoms with van der Waals surface area (Å²) in [7, 11) is 0. The lowest BCUT2D eigenvalue weighted by Gasteiger charge is -2.16. The number of unbranched alkanes of at least 4 members (excludes halogenated alkanes) is 2. The number of anilines is 1. The molecule has 3 nitrogen and oxygen atoms in total. The summed E-state index contributed by atoms with van der Waals surface area (Å²) in [6.45, 7) is 7.24. The van der Waals surface area contributed by atoms with Gasteiger partial charge in [-0.15, -0.1) is 0 Å². The molecule has 0 aromatic heterocycles. The van der Waals surface area contributed by atoms with Crippen molar-refractivity contribution >= 4 is 5.69 Å². The van der Waals surface area contributed by atoms with Gasteiger partial charge in [-0.05, 0) is 55.4 Å². The van der Waals surface area contributed by atoms with Crippen LogP contribution >= 0.6 is 0 Å². The van der Waals surface area contributed by atoms with E-state index in [1.54, 1.807) is 0 Å². The first kappa shape index (κ1) is 14.8. The van der Waals surface area contributed by atoms with Crippen molar-refractivity contribution in [3.63, 3.8) is 0 Å². The monoisotopic (exact) mass is 251 g/mol. The molecule has 0 amide bonds. The first-order valence-electron chi connectivity index (χ1n) is 6.70. The first-order chi connectivity index (χ1) is 8.56. The molecule has 0 heterocycles. The van der Waals surface area contributed by atoms with E-state index < -0.39 is 0 Å². The largest absolute Gasteiger partial charge is 0.493 e. The summed E-state index contributed by atoms with van der Waals surface area (Å²) >= 11 is 0. The highest BCUT2D eigenvalue weighted by molar-refractivity contribution is 5.55. The van der Waals surface area contributed by atoms with Crippen LogP contribution in [0.3, 0.4) is 0 Å². The molecule has 0 atom stereocenters. The zero-order chi connectivity index (χ0) is 13.5. The van der Waals surface area contributed by atoms with Crippen LogP contribution in [-0.4, -0.2) is 18.3 Å². The van der Waals surface area contributed by atoms with Gasteiger partial charge in [0.15, 0.2) is 0 Å². The Balaban J connectivity index is 2.65. The smallest absolute Gasteiger partial charge is 0.123 e. The van der Waals surface area contributed by atoms with E-state index in [9.17, 15) is 0 Å². The molecular weight excluding hydrogens is 226 g/mol. The first-order valence-corrected chi connectivity index (χ1v) is 6.70. The Hall–Kier alpha value is -1.22. The quantitative estimate of drug-likeness (QED) is 0.578. The minimum atomic E-state index is 0.262. The van der Waals surface area contributed by atoms with Crippen LogP contribution in [0, 0.1) is 6.92 Å². The van der Waals surface area contributed by atoms with Gasteiger partial charge in [0.2, 0.25) is 0 Å². The molecular formula is C15H25NO2. The van der Waals surface area contributed by atoms with Crippen molar-refractivity contribution in [3.05, 3.63) is 23.3 Å². The minimum absolute atomic E-state index is 0.262. The van der Waals surface area contributed by atoms with Crippen molar-refractivity contribution in [2.45, 2.75) is 46.0 Å². The van der Waals surface area contributed by atoms with Gasteiger partial charge >= 0.3 is 0 Å². The van der Waals surface area contributed by atoms with Crippen molar-refractivity contribution in [3.8, 4) is 5.75 Å². The van der Waals surface area contributed by atoms with Gasteiger partial charge in [-0.2, -0.15) is 0 Å². The third-order valence-electron chi connectivity index (χ3n) is 3.08. The summed E-state index contributed by atoms with van der Waals surface area (Å²) < 4.78 is 5.84. The Morgan fingerprint density at radius 2 is 1.94 bits per heavy atom. The van der Waals surface area contributed by atoms with E-state index in [0.29, 0.717) is 12.5 Å². The molecule has 0 saturated carbocycles. The maximum atomic E-state index is 8.71. The molecule has 18 heavy (non-hydrogen) atoms. The molecule has 0 saturated heterocycles. The van der Waals surface area contributed by atoms with E-state index in [-0.39, 0.29) is 6.61 Å². The zero-order valence-corrected chi connectivity index (χ0v) is 11.7. The maximum absolute atomic E-state index is 8.71. The number of aliphatic hydroxyl groups is 1. The molecule has 0 unspecified atom stereocenters. The van der Waals surface area contributed by atoms with Gasteiger partial charge in [-0.1, -0.05) is 13.8 Å². The molecule has 0 spiro atoms. The molecule has 0 aliphatic carbocycles. The number of hydrogen-bond donors (Lipinski definition) is 2. The fourth-order valence-electron chi connectivity index (χ4n) is 1.86. The second kappa shape index (κ2) is 7.27. The van der Waals surface area contributed by atoms with Gasteiger partial charge in [0.25, 0.3) is 0 Å². The molecule has 0 fully saturated rings.